The zero-order valence-corrected chi connectivity index (χ0v) is 15.0. The van der Waals surface area contributed by atoms with E-state index in [4.69, 9.17) is 8.83 Å². The van der Waals surface area contributed by atoms with Crippen molar-refractivity contribution in [2.75, 3.05) is 20.1 Å². The Morgan fingerprint density at radius 3 is 1.77 bits per heavy atom. The normalized spacial score (nSPS) is 20.2. The van der Waals surface area contributed by atoms with Crippen LogP contribution in [0.25, 0.3) is 12.2 Å². The SMILES string of the molecule is CN1C/C(=C/c2ccc(Br)o2)C(=O)/C(=C/c2ccc(Br)o2)C1. The molecule has 0 N–H and O–H groups in total. The van der Waals surface area contributed by atoms with Crippen molar-refractivity contribution in [1.82, 2.24) is 4.90 Å². The number of furan rings is 2. The van der Waals surface area contributed by atoms with E-state index in [1.807, 2.05) is 19.2 Å². The molecule has 0 aromatic carbocycles. The van der Waals surface area contributed by atoms with Gasteiger partial charge in [0.1, 0.15) is 11.5 Å². The molecule has 0 amide bonds. The van der Waals surface area contributed by atoms with Crippen molar-refractivity contribution in [2.24, 2.45) is 0 Å². The van der Waals surface area contributed by atoms with Gasteiger partial charge >= 0.3 is 0 Å². The van der Waals surface area contributed by atoms with Crippen molar-refractivity contribution in [2.45, 2.75) is 0 Å². The van der Waals surface area contributed by atoms with E-state index in [1.165, 1.54) is 0 Å². The highest BCUT2D eigenvalue weighted by Crippen LogP contribution is 2.24. The third-order valence-electron chi connectivity index (χ3n) is 3.28. The number of rotatable bonds is 2. The van der Waals surface area contributed by atoms with Gasteiger partial charge in [-0.3, -0.25) is 9.69 Å². The Balaban J connectivity index is 1.91. The Labute approximate surface area is 144 Å². The molecule has 3 rings (SSSR count). The molecular weight excluding hydrogens is 414 g/mol. The fourth-order valence-electron chi connectivity index (χ4n) is 2.36. The van der Waals surface area contributed by atoms with Crippen molar-refractivity contribution in [1.29, 1.82) is 0 Å². The van der Waals surface area contributed by atoms with Gasteiger partial charge in [0.25, 0.3) is 0 Å². The van der Waals surface area contributed by atoms with Crippen LogP contribution in [0.2, 0.25) is 0 Å². The Hall–Kier alpha value is -1.37. The Bertz CT molecular complexity index is 708. The molecule has 4 nitrogen and oxygen atoms in total. The second-order valence-corrected chi connectivity index (χ2v) is 6.69. The third kappa shape index (κ3) is 3.51. The standard InChI is InChI=1S/C16H13Br2NO3/c1-19-8-10(6-12-2-4-14(17)21-12)16(20)11(9-19)7-13-3-5-15(18)22-13/h2-7H,8-9H2,1H3/b10-6-,11-7+. The fraction of sp³-hybridized carbons (Fsp3) is 0.188. The molecule has 0 unspecified atom stereocenters. The molecule has 0 atom stereocenters. The summed E-state index contributed by atoms with van der Waals surface area (Å²) < 4.78 is 12.2. The largest absolute Gasteiger partial charge is 0.450 e. The molecule has 0 saturated carbocycles. The van der Waals surface area contributed by atoms with Crippen molar-refractivity contribution in [3.05, 3.63) is 56.3 Å². The summed E-state index contributed by atoms with van der Waals surface area (Å²) in [5.74, 6) is 1.34. The van der Waals surface area contributed by atoms with Crippen LogP contribution in [0.15, 0.2) is 53.6 Å². The first-order valence-electron chi connectivity index (χ1n) is 6.66. The summed E-state index contributed by atoms with van der Waals surface area (Å²) in [5, 5.41) is 0. The van der Waals surface area contributed by atoms with Gasteiger partial charge in [-0.1, -0.05) is 0 Å². The number of carbonyl (C=O) groups excluding carboxylic acids is 1. The lowest BCUT2D eigenvalue weighted by atomic mass is 9.96. The Morgan fingerprint density at radius 2 is 1.41 bits per heavy atom. The monoisotopic (exact) mass is 425 g/mol. The minimum atomic E-state index is 0.0261. The summed E-state index contributed by atoms with van der Waals surface area (Å²) in [5.41, 5.74) is 1.40. The molecule has 0 radical (unpaired) electrons. The molecule has 114 valence electrons. The van der Waals surface area contributed by atoms with E-state index in [2.05, 4.69) is 36.8 Å². The maximum Gasteiger partial charge on any atom is 0.187 e. The van der Waals surface area contributed by atoms with Crippen LogP contribution in [0.5, 0.6) is 0 Å². The lowest BCUT2D eigenvalue weighted by Crippen LogP contribution is -2.34. The Morgan fingerprint density at radius 1 is 0.955 bits per heavy atom. The van der Waals surface area contributed by atoms with Crippen LogP contribution in [-0.4, -0.2) is 30.8 Å². The molecule has 0 spiro atoms. The van der Waals surface area contributed by atoms with Gasteiger partial charge in [0.2, 0.25) is 0 Å². The van der Waals surface area contributed by atoms with E-state index in [-0.39, 0.29) is 5.78 Å². The van der Waals surface area contributed by atoms with Crippen molar-refractivity contribution >= 4 is 49.8 Å². The van der Waals surface area contributed by atoms with Gasteiger partial charge in [0.05, 0.1) is 0 Å². The van der Waals surface area contributed by atoms with Gasteiger partial charge in [0, 0.05) is 24.2 Å². The van der Waals surface area contributed by atoms with E-state index < -0.39 is 0 Å². The van der Waals surface area contributed by atoms with E-state index in [0.29, 0.717) is 45.1 Å². The van der Waals surface area contributed by atoms with Crippen LogP contribution >= 0.6 is 31.9 Å². The smallest absolute Gasteiger partial charge is 0.187 e. The average molecular weight is 427 g/mol. The minimum Gasteiger partial charge on any atom is -0.450 e. The second-order valence-electron chi connectivity index (χ2n) is 5.12. The molecule has 22 heavy (non-hydrogen) atoms. The highest BCUT2D eigenvalue weighted by Gasteiger charge is 2.24. The van der Waals surface area contributed by atoms with Crippen LogP contribution in [0.1, 0.15) is 11.5 Å². The molecule has 1 aliphatic rings. The van der Waals surface area contributed by atoms with Crippen LogP contribution in [-0.2, 0) is 4.79 Å². The van der Waals surface area contributed by atoms with Crippen LogP contribution in [0, 0.1) is 0 Å². The summed E-state index contributed by atoms with van der Waals surface area (Å²) in [6, 6.07) is 7.26. The molecule has 2 aromatic heterocycles. The van der Waals surface area contributed by atoms with Gasteiger partial charge in [-0.25, -0.2) is 0 Å². The summed E-state index contributed by atoms with van der Waals surface area (Å²) in [6.07, 6.45) is 3.57. The quantitative estimate of drug-likeness (QED) is 0.668. The lowest BCUT2D eigenvalue weighted by Gasteiger charge is -2.25. The molecule has 1 fully saturated rings. The zero-order valence-electron chi connectivity index (χ0n) is 11.8. The first-order chi connectivity index (χ1) is 10.5. The first kappa shape index (κ1) is 15.5. The van der Waals surface area contributed by atoms with Crippen LogP contribution < -0.4 is 0 Å². The van der Waals surface area contributed by atoms with E-state index in [0.717, 1.165) is 0 Å². The molecule has 6 heteroatoms. The number of piperidine rings is 1. The van der Waals surface area contributed by atoms with Gasteiger partial charge in [-0.05, 0) is 75.3 Å². The van der Waals surface area contributed by atoms with E-state index in [9.17, 15) is 4.79 Å². The fourth-order valence-corrected chi connectivity index (χ4v) is 3.00. The summed E-state index contributed by atoms with van der Waals surface area (Å²) >= 11 is 6.53. The van der Waals surface area contributed by atoms with Gasteiger partial charge in [-0.15, -0.1) is 0 Å². The number of likely N-dealkylation sites (tertiary alicyclic amines) is 1. The van der Waals surface area contributed by atoms with E-state index >= 15 is 0 Å². The number of hydrogen-bond acceptors (Lipinski definition) is 4. The first-order valence-corrected chi connectivity index (χ1v) is 8.25. The number of carbonyl (C=O) groups is 1. The highest BCUT2D eigenvalue weighted by atomic mass is 79.9. The van der Waals surface area contributed by atoms with Gasteiger partial charge < -0.3 is 8.83 Å². The molecule has 1 aliphatic heterocycles. The number of hydrogen-bond donors (Lipinski definition) is 0. The zero-order chi connectivity index (χ0) is 15.7. The lowest BCUT2D eigenvalue weighted by molar-refractivity contribution is -0.113. The number of ketones is 1. The average Bonchev–Trinajstić information content (AvgIpc) is 3.04. The Kier molecular flexibility index (Phi) is 4.52. The van der Waals surface area contributed by atoms with Crippen LogP contribution in [0.4, 0.5) is 0 Å². The number of halogens is 2. The predicted molar refractivity (Wildman–Crippen MR) is 91.3 cm³/mol. The predicted octanol–water partition coefficient (Wildman–Crippen LogP) is 4.38. The topological polar surface area (TPSA) is 46.6 Å². The molecule has 0 bridgehead atoms. The molecule has 0 aliphatic carbocycles. The minimum absolute atomic E-state index is 0.0261. The molecule has 2 aromatic rings. The van der Waals surface area contributed by atoms with Crippen molar-refractivity contribution in [3.63, 3.8) is 0 Å². The maximum atomic E-state index is 12.6. The summed E-state index contributed by atoms with van der Waals surface area (Å²) in [6.45, 7) is 1.19. The second kappa shape index (κ2) is 6.40. The highest BCUT2D eigenvalue weighted by molar-refractivity contribution is 9.10. The molecule has 1 saturated heterocycles. The number of likely N-dealkylation sites (N-methyl/N-ethyl adjacent to an activating group) is 1. The number of Topliss-reactive ketones (excluding diaryl/α,β-unsaturated/α-hetero) is 1. The van der Waals surface area contributed by atoms with Gasteiger partial charge in [-0.2, -0.15) is 0 Å². The molecular formula is C16H13Br2NO3. The third-order valence-corrected chi connectivity index (χ3v) is 4.14. The number of nitrogens with zero attached hydrogens (tertiary/aromatic N) is 1. The van der Waals surface area contributed by atoms with Crippen molar-refractivity contribution < 1.29 is 13.6 Å². The molecule has 3 heterocycles. The maximum absolute atomic E-state index is 12.6. The summed E-state index contributed by atoms with van der Waals surface area (Å²) in [4.78, 5) is 14.7. The van der Waals surface area contributed by atoms with Crippen molar-refractivity contribution in [3.8, 4) is 0 Å². The van der Waals surface area contributed by atoms with Crippen LogP contribution in [0.3, 0.4) is 0 Å². The van der Waals surface area contributed by atoms with Gasteiger partial charge in [0.15, 0.2) is 15.1 Å². The van der Waals surface area contributed by atoms with E-state index in [1.54, 1.807) is 24.3 Å². The summed E-state index contributed by atoms with van der Waals surface area (Å²) in [7, 11) is 1.98.